The number of carbonyl (C=O) groups excluding carboxylic acids is 1. The van der Waals surface area contributed by atoms with Crippen LogP contribution in [-0.2, 0) is 6.61 Å². The molecule has 1 atom stereocenters. The van der Waals surface area contributed by atoms with Gasteiger partial charge in [0.25, 0.3) is 5.91 Å². The Morgan fingerprint density at radius 2 is 2.12 bits per heavy atom. The zero-order chi connectivity index (χ0) is 17.8. The van der Waals surface area contributed by atoms with Crippen LogP contribution in [0.3, 0.4) is 0 Å². The van der Waals surface area contributed by atoms with Crippen molar-refractivity contribution in [3.05, 3.63) is 45.7 Å². The maximum absolute atomic E-state index is 12.9. The van der Waals surface area contributed by atoms with Crippen LogP contribution in [0.4, 0.5) is 4.39 Å². The number of hydrogen-bond acceptors (Lipinski definition) is 4. The predicted molar refractivity (Wildman–Crippen MR) is 96.5 cm³/mol. The lowest BCUT2D eigenvalue weighted by molar-refractivity contribution is 0.0612. The van der Waals surface area contributed by atoms with Crippen LogP contribution in [0.1, 0.15) is 53.0 Å². The highest BCUT2D eigenvalue weighted by atomic mass is 32.1. The van der Waals surface area contributed by atoms with E-state index in [0.717, 1.165) is 36.5 Å². The molecule has 2 aromatic rings. The summed E-state index contributed by atoms with van der Waals surface area (Å²) in [6, 6.07) is 6.22. The van der Waals surface area contributed by atoms with Crippen LogP contribution in [0.2, 0.25) is 0 Å². The van der Waals surface area contributed by atoms with Crippen LogP contribution in [0.5, 0.6) is 5.75 Å². The molecule has 25 heavy (non-hydrogen) atoms. The number of piperidine rings is 1. The van der Waals surface area contributed by atoms with Crippen molar-refractivity contribution in [3.63, 3.8) is 0 Å². The molecule has 1 unspecified atom stereocenters. The lowest BCUT2D eigenvalue weighted by Gasteiger charge is -2.35. The smallest absolute Gasteiger partial charge is 0.266 e. The van der Waals surface area contributed by atoms with Crippen molar-refractivity contribution in [2.24, 2.45) is 0 Å². The molecule has 3 rings (SSSR count). The summed E-state index contributed by atoms with van der Waals surface area (Å²) < 4.78 is 18.6. The van der Waals surface area contributed by atoms with E-state index in [1.54, 1.807) is 12.1 Å². The van der Waals surface area contributed by atoms with E-state index in [1.807, 2.05) is 11.8 Å². The summed E-state index contributed by atoms with van der Waals surface area (Å²) in [6.45, 7) is 5.12. The molecule has 1 aromatic carbocycles. The van der Waals surface area contributed by atoms with Crippen molar-refractivity contribution < 1.29 is 13.9 Å². The number of rotatable bonds is 5. The maximum atomic E-state index is 12.9. The van der Waals surface area contributed by atoms with Gasteiger partial charge in [-0.2, -0.15) is 0 Å². The molecule has 1 aliphatic rings. The van der Waals surface area contributed by atoms with Gasteiger partial charge in [-0.25, -0.2) is 9.37 Å². The molecule has 134 valence electrons. The van der Waals surface area contributed by atoms with E-state index in [-0.39, 0.29) is 18.3 Å². The summed E-state index contributed by atoms with van der Waals surface area (Å²) in [7, 11) is 0. The molecule has 1 aliphatic heterocycles. The summed E-state index contributed by atoms with van der Waals surface area (Å²) in [6.07, 6.45) is 4.34. The highest BCUT2D eigenvalue weighted by molar-refractivity contribution is 7.13. The molecule has 1 amide bonds. The van der Waals surface area contributed by atoms with Gasteiger partial charge in [-0.15, -0.1) is 11.3 Å². The second-order valence-electron chi connectivity index (χ2n) is 6.32. The van der Waals surface area contributed by atoms with E-state index in [9.17, 15) is 9.18 Å². The van der Waals surface area contributed by atoms with Crippen LogP contribution >= 0.6 is 11.3 Å². The average Bonchev–Trinajstić information content (AvgIpc) is 3.01. The second-order valence-corrected chi connectivity index (χ2v) is 7.40. The van der Waals surface area contributed by atoms with Crippen molar-refractivity contribution >= 4 is 17.2 Å². The standard InChI is InChI=1S/C19H23FN2O2S/c1-3-15-6-4-5-11-22(15)19(23)18-13(2)21-17(25-18)12-24-16-9-7-14(20)8-10-16/h7-10,15H,3-6,11-12H2,1-2H3. The van der Waals surface area contributed by atoms with Gasteiger partial charge in [-0.1, -0.05) is 6.92 Å². The van der Waals surface area contributed by atoms with Gasteiger partial charge in [0.05, 0.1) is 5.69 Å². The molecule has 1 fully saturated rings. The van der Waals surface area contributed by atoms with Crippen molar-refractivity contribution in [3.8, 4) is 5.75 Å². The summed E-state index contributed by atoms with van der Waals surface area (Å²) in [5.41, 5.74) is 0.758. The number of aromatic nitrogens is 1. The predicted octanol–water partition coefficient (Wildman–Crippen LogP) is 4.57. The Morgan fingerprint density at radius 3 is 2.84 bits per heavy atom. The number of nitrogens with zero attached hydrogens (tertiary/aromatic N) is 2. The van der Waals surface area contributed by atoms with Gasteiger partial charge in [-0.3, -0.25) is 4.79 Å². The first-order valence-corrected chi connectivity index (χ1v) is 9.55. The Balaban J connectivity index is 1.68. The normalized spacial score (nSPS) is 17.6. The Bertz CT molecular complexity index is 730. The fourth-order valence-electron chi connectivity index (χ4n) is 3.21. The number of carbonyl (C=O) groups is 1. The Kier molecular flexibility index (Phi) is 5.68. The Hall–Kier alpha value is -1.95. The van der Waals surface area contributed by atoms with Crippen molar-refractivity contribution in [1.29, 1.82) is 0 Å². The summed E-state index contributed by atoms with van der Waals surface area (Å²) >= 11 is 1.39. The van der Waals surface area contributed by atoms with Crippen LogP contribution in [-0.4, -0.2) is 28.4 Å². The second kappa shape index (κ2) is 7.95. The van der Waals surface area contributed by atoms with Crippen LogP contribution in [0.25, 0.3) is 0 Å². The SMILES string of the molecule is CCC1CCCCN1C(=O)c1sc(COc2ccc(F)cc2)nc1C. The van der Waals surface area contributed by atoms with Gasteiger partial charge in [-0.05, 0) is 56.9 Å². The fraction of sp³-hybridized carbons (Fsp3) is 0.474. The summed E-state index contributed by atoms with van der Waals surface area (Å²) in [4.78, 5) is 20.1. The first-order valence-electron chi connectivity index (χ1n) is 8.74. The Labute approximate surface area is 151 Å². The molecule has 4 nitrogen and oxygen atoms in total. The highest BCUT2D eigenvalue weighted by Gasteiger charge is 2.28. The average molecular weight is 362 g/mol. The molecule has 6 heteroatoms. The van der Waals surface area contributed by atoms with Gasteiger partial charge < -0.3 is 9.64 Å². The maximum Gasteiger partial charge on any atom is 0.266 e. The van der Waals surface area contributed by atoms with E-state index in [1.165, 1.54) is 29.9 Å². The largest absolute Gasteiger partial charge is 0.486 e. The fourth-order valence-corrected chi connectivity index (χ4v) is 4.15. The monoisotopic (exact) mass is 362 g/mol. The lowest BCUT2D eigenvalue weighted by atomic mass is 10.00. The highest BCUT2D eigenvalue weighted by Crippen LogP contribution is 2.26. The molecule has 1 aromatic heterocycles. The molecular formula is C19H23FN2O2S. The van der Waals surface area contributed by atoms with Gasteiger partial charge in [0.2, 0.25) is 0 Å². The Morgan fingerprint density at radius 1 is 1.36 bits per heavy atom. The molecule has 0 N–H and O–H groups in total. The minimum Gasteiger partial charge on any atom is -0.486 e. The molecule has 0 spiro atoms. The summed E-state index contributed by atoms with van der Waals surface area (Å²) in [5, 5.41) is 0.759. The van der Waals surface area contributed by atoms with Crippen LogP contribution in [0.15, 0.2) is 24.3 Å². The summed E-state index contributed by atoms with van der Waals surface area (Å²) in [5.74, 6) is 0.385. The lowest BCUT2D eigenvalue weighted by Crippen LogP contribution is -2.43. The molecule has 0 saturated carbocycles. The number of thiazole rings is 1. The minimum absolute atomic E-state index is 0.0922. The molecular weight excluding hydrogens is 339 g/mol. The van der Waals surface area contributed by atoms with E-state index in [4.69, 9.17) is 4.74 Å². The van der Waals surface area contributed by atoms with Gasteiger partial charge in [0, 0.05) is 12.6 Å². The number of likely N-dealkylation sites (tertiary alicyclic amines) is 1. The first kappa shape index (κ1) is 17.9. The van der Waals surface area contributed by atoms with E-state index in [0.29, 0.717) is 16.7 Å². The number of benzene rings is 1. The van der Waals surface area contributed by atoms with Gasteiger partial charge in [0.15, 0.2) is 0 Å². The van der Waals surface area contributed by atoms with E-state index < -0.39 is 0 Å². The molecule has 2 heterocycles. The van der Waals surface area contributed by atoms with Gasteiger partial charge in [0.1, 0.15) is 28.1 Å². The van der Waals surface area contributed by atoms with Gasteiger partial charge >= 0.3 is 0 Å². The zero-order valence-electron chi connectivity index (χ0n) is 14.6. The van der Waals surface area contributed by atoms with Crippen molar-refractivity contribution in [2.45, 2.75) is 52.2 Å². The third kappa shape index (κ3) is 4.18. The van der Waals surface area contributed by atoms with E-state index >= 15 is 0 Å². The molecule has 1 saturated heterocycles. The first-order chi connectivity index (χ1) is 12.1. The topological polar surface area (TPSA) is 42.4 Å². The number of hydrogen-bond donors (Lipinski definition) is 0. The molecule has 0 bridgehead atoms. The molecule has 0 aliphatic carbocycles. The quantitative estimate of drug-likeness (QED) is 0.782. The third-order valence-corrected chi connectivity index (χ3v) is 5.69. The molecule has 0 radical (unpaired) electrons. The van der Waals surface area contributed by atoms with Crippen LogP contribution < -0.4 is 4.74 Å². The van der Waals surface area contributed by atoms with Crippen LogP contribution in [0, 0.1) is 12.7 Å². The number of ether oxygens (including phenoxy) is 1. The third-order valence-electron chi connectivity index (χ3n) is 4.57. The number of halogens is 1. The zero-order valence-corrected chi connectivity index (χ0v) is 15.4. The van der Waals surface area contributed by atoms with Crippen molar-refractivity contribution in [2.75, 3.05) is 6.54 Å². The number of amides is 1. The van der Waals surface area contributed by atoms with Crippen molar-refractivity contribution in [1.82, 2.24) is 9.88 Å². The minimum atomic E-state index is -0.294. The number of aryl methyl sites for hydroxylation is 1. The van der Waals surface area contributed by atoms with E-state index in [2.05, 4.69) is 11.9 Å².